The van der Waals surface area contributed by atoms with E-state index in [1.165, 1.54) is 0 Å². The zero-order valence-corrected chi connectivity index (χ0v) is 15.7. The molecule has 4 rings (SSSR count). The van der Waals surface area contributed by atoms with E-state index in [2.05, 4.69) is 9.97 Å². The number of halogens is 1. The summed E-state index contributed by atoms with van der Waals surface area (Å²) >= 11 is 6.07. The third kappa shape index (κ3) is 3.52. The van der Waals surface area contributed by atoms with Crippen molar-refractivity contribution in [2.24, 2.45) is 0 Å². The van der Waals surface area contributed by atoms with Gasteiger partial charge in [-0.25, -0.2) is 13.4 Å². The minimum absolute atomic E-state index is 0.0900. The van der Waals surface area contributed by atoms with Crippen molar-refractivity contribution in [3.63, 3.8) is 0 Å². The third-order valence-corrected chi connectivity index (χ3v) is 6.13. The first kappa shape index (κ1) is 17.5. The SMILES string of the molecule is O=S(=O)(/C(=C/c1cccc(Cl)c1)c1nc2ccccc2[nH]1)c1ccccc1. The Labute approximate surface area is 162 Å². The fourth-order valence-electron chi connectivity index (χ4n) is 2.82. The zero-order chi connectivity index (χ0) is 18.9. The molecule has 0 unspecified atom stereocenters. The minimum Gasteiger partial charge on any atom is -0.337 e. The molecule has 6 heteroatoms. The number of fused-ring (bicyclic) bond motifs is 1. The van der Waals surface area contributed by atoms with E-state index in [9.17, 15) is 8.42 Å². The summed E-state index contributed by atoms with van der Waals surface area (Å²) in [5.41, 5.74) is 2.15. The van der Waals surface area contributed by atoms with Gasteiger partial charge >= 0.3 is 0 Å². The summed E-state index contributed by atoms with van der Waals surface area (Å²) in [4.78, 5) is 7.90. The van der Waals surface area contributed by atoms with E-state index in [0.29, 0.717) is 21.9 Å². The van der Waals surface area contributed by atoms with Crippen molar-refractivity contribution in [2.75, 3.05) is 0 Å². The van der Waals surface area contributed by atoms with Gasteiger partial charge in [0.15, 0.2) is 0 Å². The Hall–Kier alpha value is -2.89. The second-order valence-electron chi connectivity index (χ2n) is 5.98. The molecule has 0 atom stereocenters. The Balaban J connectivity index is 1.95. The van der Waals surface area contributed by atoms with Crippen LogP contribution in [0.3, 0.4) is 0 Å². The largest absolute Gasteiger partial charge is 0.337 e. The number of sulfone groups is 1. The Morgan fingerprint density at radius 2 is 1.67 bits per heavy atom. The maximum atomic E-state index is 13.3. The molecule has 134 valence electrons. The van der Waals surface area contributed by atoms with E-state index in [4.69, 9.17) is 11.6 Å². The molecule has 0 aliphatic heterocycles. The fourth-order valence-corrected chi connectivity index (χ4v) is 4.43. The summed E-state index contributed by atoms with van der Waals surface area (Å²) in [6, 6.07) is 22.8. The number of H-pyrrole nitrogens is 1. The number of hydrogen-bond donors (Lipinski definition) is 1. The van der Waals surface area contributed by atoms with Gasteiger partial charge in [-0.3, -0.25) is 0 Å². The van der Waals surface area contributed by atoms with E-state index >= 15 is 0 Å². The lowest BCUT2D eigenvalue weighted by Gasteiger charge is -2.08. The smallest absolute Gasteiger partial charge is 0.210 e. The van der Waals surface area contributed by atoms with E-state index in [1.807, 2.05) is 24.3 Å². The summed E-state index contributed by atoms with van der Waals surface area (Å²) in [5.74, 6) is 0.292. The Morgan fingerprint density at radius 3 is 2.41 bits per heavy atom. The predicted molar refractivity (Wildman–Crippen MR) is 109 cm³/mol. The van der Waals surface area contributed by atoms with Gasteiger partial charge in [0.2, 0.25) is 9.84 Å². The molecule has 1 heterocycles. The molecule has 0 fully saturated rings. The van der Waals surface area contributed by atoms with Crippen molar-refractivity contribution < 1.29 is 8.42 Å². The highest BCUT2D eigenvalue weighted by molar-refractivity contribution is 8.00. The zero-order valence-electron chi connectivity index (χ0n) is 14.1. The van der Waals surface area contributed by atoms with Crippen LogP contribution < -0.4 is 0 Å². The van der Waals surface area contributed by atoms with Crippen LogP contribution in [0.5, 0.6) is 0 Å². The van der Waals surface area contributed by atoms with Crippen molar-refractivity contribution in [3.8, 4) is 0 Å². The Bertz CT molecular complexity index is 1210. The van der Waals surface area contributed by atoms with Crippen LogP contribution in [0.25, 0.3) is 22.0 Å². The van der Waals surface area contributed by atoms with Gasteiger partial charge in [-0.05, 0) is 48.0 Å². The number of benzene rings is 3. The lowest BCUT2D eigenvalue weighted by Crippen LogP contribution is -2.05. The minimum atomic E-state index is -3.79. The van der Waals surface area contributed by atoms with Gasteiger partial charge in [0, 0.05) is 5.02 Å². The fraction of sp³-hybridized carbons (Fsp3) is 0. The first-order chi connectivity index (χ1) is 13.0. The van der Waals surface area contributed by atoms with Crippen LogP contribution in [-0.2, 0) is 9.84 Å². The van der Waals surface area contributed by atoms with Gasteiger partial charge in [-0.15, -0.1) is 0 Å². The van der Waals surface area contributed by atoms with E-state index < -0.39 is 9.84 Å². The number of para-hydroxylation sites is 2. The number of rotatable bonds is 4. The molecule has 0 aliphatic carbocycles. The van der Waals surface area contributed by atoms with Crippen LogP contribution in [0.1, 0.15) is 11.4 Å². The summed E-state index contributed by atoms with van der Waals surface area (Å²) in [7, 11) is -3.79. The molecular formula is C21H15ClN2O2S. The van der Waals surface area contributed by atoms with Crippen LogP contribution in [0, 0.1) is 0 Å². The number of nitrogens with zero attached hydrogens (tertiary/aromatic N) is 1. The molecule has 0 amide bonds. The van der Waals surface area contributed by atoms with E-state index in [0.717, 1.165) is 5.52 Å². The Kier molecular flexibility index (Phi) is 4.56. The van der Waals surface area contributed by atoms with Crippen LogP contribution >= 0.6 is 11.6 Å². The van der Waals surface area contributed by atoms with Gasteiger partial charge in [-0.1, -0.05) is 54.1 Å². The van der Waals surface area contributed by atoms with Gasteiger partial charge in [0.05, 0.1) is 15.9 Å². The Morgan fingerprint density at radius 1 is 0.926 bits per heavy atom. The molecule has 0 aliphatic rings. The van der Waals surface area contributed by atoms with Crippen LogP contribution in [-0.4, -0.2) is 18.4 Å². The predicted octanol–water partition coefficient (Wildman–Crippen LogP) is 5.19. The topological polar surface area (TPSA) is 62.8 Å². The van der Waals surface area contributed by atoms with Gasteiger partial charge in [-0.2, -0.15) is 0 Å². The summed E-state index contributed by atoms with van der Waals surface area (Å²) in [5, 5.41) is 0.532. The van der Waals surface area contributed by atoms with Gasteiger partial charge in [0.1, 0.15) is 10.7 Å². The maximum Gasteiger partial charge on any atom is 0.210 e. The monoisotopic (exact) mass is 394 g/mol. The van der Waals surface area contributed by atoms with Crippen molar-refractivity contribution in [2.45, 2.75) is 4.90 Å². The quantitative estimate of drug-likeness (QED) is 0.518. The number of hydrogen-bond acceptors (Lipinski definition) is 3. The van der Waals surface area contributed by atoms with Gasteiger partial charge < -0.3 is 4.98 Å². The summed E-state index contributed by atoms with van der Waals surface area (Å²) in [6.45, 7) is 0. The molecule has 27 heavy (non-hydrogen) atoms. The highest BCUT2D eigenvalue weighted by Crippen LogP contribution is 2.30. The highest BCUT2D eigenvalue weighted by Gasteiger charge is 2.25. The number of imidazole rings is 1. The highest BCUT2D eigenvalue weighted by atomic mass is 35.5. The van der Waals surface area contributed by atoms with E-state index in [1.54, 1.807) is 60.7 Å². The van der Waals surface area contributed by atoms with Crippen molar-refractivity contribution in [1.29, 1.82) is 0 Å². The summed E-state index contributed by atoms with van der Waals surface area (Å²) in [6.07, 6.45) is 1.59. The molecule has 1 aromatic heterocycles. The summed E-state index contributed by atoms with van der Waals surface area (Å²) < 4.78 is 26.7. The van der Waals surface area contributed by atoms with Crippen LogP contribution in [0.4, 0.5) is 0 Å². The van der Waals surface area contributed by atoms with Crippen molar-refractivity contribution in [3.05, 3.63) is 95.3 Å². The molecular weight excluding hydrogens is 380 g/mol. The molecule has 3 aromatic carbocycles. The molecule has 4 aromatic rings. The molecule has 0 bridgehead atoms. The average molecular weight is 395 g/mol. The third-order valence-electron chi connectivity index (χ3n) is 4.11. The standard InChI is InChI=1S/C21H15ClN2O2S/c22-16-8-6-7-15(13-16)14-20(27(25,26)17-9-2-1-3-10-17)21-23-18-11-4-5-12-19(18)24-21/h1-14H,(H,23,24)/b20-14+. The normalized spacial score (nSPS) is 12.4. The van der Waals surface area contributed by atoms with Crippen LogP contribution in [0.2, 0.25) is 5.02 Å². The number of aromatic amines is 1. The number of aromatic nitrogens is 2. The molecule has 0 saturated carbocycles. The molecule has 1 N–H and O–H groups in total. The van der Waals surface area contributed by atoms with Crippen LogP contribution in [0.15, 0.2) is 83.8 Å². The molecule has 0 saturated heterocycles. The molecule has 4 nitrogen and oxygen atoms in total. The lowest BCUT2D eigenvalue weighted by atomic mass is 10.2. The van der Waals surface area contributed by atoms with Crippen molar-refractivity contribution in [1.82, 2.24) is 9.97 Å². The van der Waals surface area contributed by atoms with Crippen molar-refractivity contribution >= 4 is 43.5 Å². The second-order valence-corrected chi connectivity index (χ2v) is 8.34. The molecule has 0 radical (unpaired) electrons. The maximum absolute atomic E-state index is 13.3. The molecule has 0 spiro atoms. The first-order valence-corrected chi connectivity index (χ1v) is 10.1. The number of nitrogens with one attached hydrogen (secondary N) is 1. The first-order valence-electron chi connectivity index (χ1n) is 8.26. The average Bonchev–Trinajstić information content (AvgIpc) is 3.10. The second kappa shape index (κ2) is 7.02. The van der Waals surface area contributed by atoms with E-state index in [-0.39, 0.29) is 9.80 Å². The lowest BCUT2D eigenvalue weighted by molar-refractivity contribution is 0.606. The van der Waals surface area contributed by atoms with Gasteiger partial charge in [0.25, 0.3) is 0 Å².